The SMILES string of the molecule is COc1ccc2c(OC3(C)CC(C(=O)O)N(C(=O)OC(C)(C)C)C3)cc(-c3nc(C(C)C)cs3)nc2c1C. The summed E-state index contributed by atoms with van der Waals surface area (Å²) in [4.78, 5) is 35.9. The van der Waals surface area contributed by atoms with Gasteiger partial charge in [0.15, 0.2) is 0 Å². The molecule has 2 atom stereocenters. The number of carboxylic acid groups (broad SMARTS) is 1. The minimum atomic E-state index is -1.10. The van der Waals surface area contributed by atoms with Gasteiger partial charge in [0.25, 0.3) is 0 Å². The summed E-state index contributed by atoms with van der Waals surface area (Å²) >= 11 is 1.51. The molecule has 0 radical (unpaired) electrons. The number of fused-ring (bicyclic) bond motifs is 1. The number of ether oxygens (including phenoxy) is 3. The van der Waals surface area contributed by atoms with Crippen molar-refractivity contribution in [3.05, 3.63) is 34.8 Å². The van der Waals surface area contributed by atoms with Crippen LogP contribution in [0.2, 0.25) is 0 Å². The molecule has 0 saturated carbocycles. The molecule has 204 valence electrons. The van der Waals surface area contributed by atoms with E-state index in [4.69, 9.17) is 24.2 Å². The molecule has 10 heteroatoms. The number of methoxy groups -OCH3 is 1. The van der Waals surface area contributed by atoms with Crippen LogP contribution in [0.4, 0.5) is 4.79 Å². The molecule has 1 N–H and O–H groups in total. The van der Waals surface area contributed by atoms with Gasteiger partial charge in [-0.2, -0.15) is 0 Å². The first-order chi connectivity index (χ1) is 17.7. The van der Waals surface area contributed by atoms with Gasteiger partial charge < -0.3 is 19.3 Å². The minimum absolute atomic E-state index is 0.0575. The number of rotatable bonds is 6. The van der Waals surface area contributed by atoms with Gasteiger partial charge in [-0.05, 0) is 52.7 Å². The maximum Gasteiger partial charge on any atom is 0.411 e. The Morgan fingerprint density at radius 3 is 2.50 bits per heavy atom. The number of nitrogens with zero attached hydrogens (tertiary/aromatic N) is 3. The van der Waals surface area contributed by atoms with E-state index in [-0.39, 0.29) is 18.9 Å². The summed E-state index contributed by atoms with van der Waals surface area (Å²) in [7, 11) is 1.61. The Balaban J connectivity index is 1.78. The van der Waals surface area contributed by atoms with Crippen LogP contribution in [0, 0.1) is 6.92 Å². The predicted molar refractivity (Wildman–Crippen MR) is 146 cm³/mol. The largest absolute Gasteiger partial charge is 0.496 e. The number of hydrogen-bond donors (Lipinski definition) is 1. The van der Waals surface area contributed by atoms with Crippen molar-refractivity contribution in [2.75, 3.05) is 13.7 Å². The number of carbonyl (C=O) groups excluding carboxylic acids is 1. The van der Waals surface area contributed by atoms with E-state index in [9.17, 15) is 14.7 Å². The highest BCUT2D eigenvalue weighted by Gasteiger charge is 2.49. The van der Waals surface area contributed by atoms with Crippen molar-refractivity contribution in [2.45, 2.75) is 78.0 Å². The molecule has 3 aromatic rings. The van der Waals surface area contributed by atoms with E-state index in [0.717, 1.165) is 21.7 Å². The standard InChI is InChI=1S/C28H35N3O6S/c1-15(2)19-13-38-24(30-19)18-11-22(17-9-10-21(35-8)16(3)23(17)29-18)36-28(7)12-20(25(32)33)31(14-28)26(34)37-27(4,5)6/h9-11,13,15,20H,12,14H2,1-8H3,(H,32,33). The van der Waals surface area contributed by atoms with Gasteiger partial charge in [0.2, 0.25) is 0 Å². The predicted octanol–water partition coefficient (Wildman–Crippen LogP) is 6.03. The zero-order chi connectivity index (χ0) is 28.0. The lowest BCUT2D eigenvalue weighted by Crippen LogP contribution is -2.44. The van der Waals surface area contributed by atoms with Crippen LogP contribution in [0.1, 0.15) is 65.1 Å². The fourth-order valence-corrected chi connectivity index (χ4v) is 5.53. The van der Waals surface area contributed by atoms with Crippen LogP contribution in [0.5, 0.6) is 11.5 Å². The van der Waals surface area contributed by atoms with Crippen LogP contribution >= 0.6 is 11.3 Å². The van der Waals surface area contributed by atoms with Crippen LogP contribution in [0.3, 0.4) is 0 Å². The smallest absolute Gasteiger partial charge is 0.411 e. The zero-order valence-corrected chi connectivity index (χ0v) is 23.9. The number of aliphatic carboxylic acids is 1. The van der Waals surface area contributed by atoms with Crippen LogP contribution in [-0.2, 0) is 9.53 Å². The van der Waals surface area contributed by atoms with E-state index in [1.807, 2.05) is 37.4 Å². The summed E-state index contributed by atoms with van der Waals surface area (Å²) in [6, 6.07) is 4.51. The number of carbonyl (C=O) groups is 2. The fourth-order valence-electron chi connectivity index (χ4n) is 4.59. The average molecular weight is 542 g/mol. The second-order valence-corrected chi connectivity index (χ2v) is 12.1. The van der Waals surface area contributed by atoms with Gasteiger partial charge in [-0.3, -0.25) is 4.90 Å². The van der Waals surface area contributed by atoms with Crippen molar-refractivity contribution >= 4 is 34.3 Å². The first kappa shape index (κ1) is 27.6. The molecule has 2 unspecified atom stereocenters. The molecule has 9 nitrogen and oxygen atoms in total. The number of carboxylic acids is 1. The molecule has 1 fully saturated rings. The van der Waals surface area contributed by atoms with Crippen LogP contribution in [0.15, 0.2) is 23.6 Å². The van der Waals surface area contributed by atoms with E-state index >= 15 is 0 Å². The molecule has 1 aliphatic heterocycles. The first-order valence-electron chi connectivity index (χ1n) is 12.6. The number of hydrogen-bond acceptors (Lipinski definition) is 8. The normalized spacial score (nSPS) is 19.7. The lowest BCUT2D eigenvalue weighted by Gasteiger charge is -2.29. The molecule has 38 heavy (non-hydrogen) atoms. The number of thiazole rings is 1. The van der Waals surface area contributed by atoms with Crippen LogP contribution < -0.4 is 9.47 Å². The number of aryl methyl sites for hydroxylation is 1. The van der Waals surface area contributed by atoms with Crippen molar-refractivity contribution in [1.82, 2.24) is 14.9 Å². The van der Waals surface area contributed by atoms with Gasteiger partial charge >= 0.3 is 12.1 Å². The second kappa shape index (κ2) is 10.1. The van der Waals surface area contributed by atoms with Gasteiger partial charge in [0.1, 0.15) is 39.4 Å². The van der Waals surface area contributed by atoms with Gasteiger partial charge in [-0.1, -0.05) is 13.8 Å². The number of aromatic nitrogens is 2. The molecule has 1 saturated heterocycles. The molecule has 0 aliphatic carbocycles. The monoisotopic (exact) mass is 541 g/mol. The third-order valence-electron chi connectivity index (χ3n) is 6.47. The number of benzene rings is 1. The van der Waals surface area contributed by atoms with Crippen molar-refractivity contribution in [3.63, 3.8) is 0 Å². The molecule has 2 aromatic heterocycles. The van der Waals surface area contributed by atoms with Crippen LogP contribution in [0.25, 0.3) is 21.6 Å². The third kappa shape index (κ3) is 5.55. The fraction of sp³-hybridized carbons (Fsp3) is 0.500. The van der Waals surface area contributed by atoms with Crippen molar-refractivity contribution in [2.24, 2.45) is 0 Å². The number of likely N-dealkylation sites (tertiary alicyclic amines) is 1. The summed E-state index contributed by atoms with van der Waals surface area (Å²) in [5, 5.41) is 13.4. The Hall–Kier alpha value is -3.40. The van der Waals surface area contributed by atoms with E-state index in [1.54, 1.807) is 27.9 Å². The molecule has 1 aliphatic rings. The van der Waals surface area contributed by atoms with E-state index in [1.165, 1.54) is 16.2 Å². The minimum Gasteiger partial charge on any atom is -0.496 e. The molecular formula is C28H35N3O6S. The Labute approximate surface area is 226 Å². The lowest BCUT2D eigenvalue weighted by atomic mass is 10.0. The van der Waals surface area contributed by atoms with E-state index < -0.39 is 29.3 Å². The Kier molecular flexibility index (Phi) is 7.31. The Bertz CT molecular complexity index is 1380. The second-order valence-electron chi connectivity index (χ2n) is 11.2. The highest BCUT2D eigenvalue weighted by atomic mass is 32.1. The van der Waals surface area contributed by atoms with Gasteiger partial charge in [0, 0.05) is 28.8 Å². The van der Waals surface area contributed by atoms with Gasteiger partial charge in [0.05, 0.1) is 24.9 Å². The lowest BCUT2D eigenvalue weighted by molar-refractivity contribution is -0.142. The number of pyridine rings is 1. The highest BCUT2D eigenvalue weighted by Crippen LogP contribution is 2.40. The molecular weight excluding hydrogens is 506 g/mol. The van der Waals surface area contributed by atoms with Crippen molar-refractivity contribution in [3.8, 4) is 22.2 Å². The number of amides is 1. The topological polar surface area (TPSA) is 111 Å². The highest BCUT2D eigenvalue weighted by molar-refractivity contribution is 7.13. The maximum atomic E-state index is 12.9. The first-order valence-corrected chi connectivity index (χ1v) is 13.4. The molecule has 1 aromatic carbocycles. The summed E-state index contributed by atoms with van der Waals surface area (Å²) in [6.07, 6.45) is -0.577. The Morgan fingerprint density at radius 1 is 1.21 bits per heavy atom. The Morgan fingerprint density at radius 2 is 1.92 bits per heavy atom. The maximum absolute atomic E-state index is 12.9. The quantitative estimate of drug-likeness (QED) is 0.403. The summed E-state index contributed by atoms with van der Waals surface area (Å²) in [5.41, 5.74) is 1.46. The zero-order valence-electron chi connectivity index (χ0n) is 23.1. The van der Waals surface area contributed by atoms with Crippen molar-refractivity contribution in [1.29, 1.82) is 0 Å². The molecule has 4 rings (SSSR count). The molecule has 0 bridgehead atoms. The van der Waals surface area contributed by atoms with Gasteiger partial charge in [-0.15, -0.1) is 11.3 Å². The molecule has 3 heterocycles. The van der Waals surface area contributed by atoms with Crippen LogP contribution in [-0.4, -0.2) is 62.9 Å². The van der Waals surface area contributed by atoms with Gasteiger partial charge in [-0.25, -0.2) is 19.6 Å². The third-order valence-corrected chi connectivity index (χ3v) is 7.36. The van der Waals surface area contributed by atoms with E-state index in [2.05, 4.69) is 13.8 Å². The summed E-state index contributed by atoms with van der Waals surface area (Å²) in [5.74, 6) is 0.411. The molecule has 1 amide bonds. The average Bonchev–Trinajstić information content (AvgIpc) is 3.44. The van der Waals surface area contributed by atoms with Crippen molar-refractivity contribution < 1.29 is 28.9 Å². The summed E-state index contributed by atoms with van der Waals surface area (Å²) in [6.45, 7) is 13.2. The summed E-state index contributed by atoms with van der Waals surface area (Å²) < 4.78 is 17.6. The molecule has 0 spiro atoms. The van der Waals surface area contributed by atoms with E-state index in [0.29, 0.717) is 22.7 Å².